The number of halogens is 1. The maximum atomic E-state index is 12.3. The van der Waals surface area contributed by atoms with Crippen molar-refractivity contribution in [2.75, 3.05) is 42.7 Å². The lowest BCUT2D eigenvalue weighted by molar-refractivity contribution is 0.0240. The minimum absolute atomic E-state index is 0.00220. The van der Waals surface area contributed by atoms with Gasteiger partial charge in [0.15, 0.2) is 0 Å². The molecule has 2 heterocycles. The van der Waals surface area contributed by atoms with Crippen LogP contribution in [0.5, 0.6) is 0 Å². The number of anilines is 3. The van der Waals surface area contributed by atoms with E-state index >= 15 is 0 Å². The predicted octanol–water partition coefficient (Wildman–Crippen LogP) is 3.08. The van der Waals surface area contributed by atoms with Crippen molar-refractivity contribution in [3.8, 4) is 0 Å². The third-order valence-electron chi connectivity index (χ3n) is 4.74. The van der Waals surface area contributed by atoms with Gasteiger partial charge in [-0.25, -0.2) is 23.2 Å². The summed E-state index contributed by atoms with van der Waals surface area (Å²) in [6.07, 6.45) is 0.690. The van der Waals surface area contributed by atoms with Crippen LogP contribution in [0.1, 0.15) is 31.1 Å². The van der Waals surface area contributed by atoms with E-state index in [1.54, 1.807) is 17.0 Å². The first-order valence-corrected chi connectivity index (χ1v) is 14.2. The SMILES string of the molecule is CC(C)(C)OC(=O)N1CCN(c2ccc(Nc3nc(SS(C)(=O)=O)nc(Cl)c3C(N)=O)cc2)CC1. The summed E-state index contributed by atoms with van der Waals surface area (Å²) >= 11 is 6.08. The second-order valence-corrected chi connectivity index (χ2v) is 13.4. The van der Waals surface area contributed by atoms with Gasteiger partial charge in [-0.05, 0) is 45.0 Å². The van der Waals surface area contributed by atoms with Gasteiger partial charge < -0.3 is 25.6 Å². The molecule has 0 spiro atoms. The zero-order chi connectivity index (χ0) is 26.0. The molecule has 0 saturated carbocycles. The van der Waals surface area contributed by atoms with E-state index in [2.05, 4.69) is 20.2 Å². The number of benzene rings is 1. The fraction of sp³-hybridized carbons (Fsp3) is 0.429. The number of hydrogen-bond donors (Lipinski definition) is 2. The Morgan fingerprint density at radius 1 is 1.11 bits per heavy atom. The molecule has 0 atom stereocenters. The molecular formula is C21H27ClN6O5S2. The van der Waals surface area contributed by atoms with E-state index in [0.29, 0.717) is 42.7 Å². The molecule has 0 radical (unpaired) electrons. The fourth-order valence-electron chi connectivity index (χ4n) is 3.26. The van der Waals surface area contributed by atoms with Crippen LogP contribution in [0.25, 0.3) is 0 Å². The summed E-state index contributed by atoms with van der Waals surface area (Å²) in [7, 11) is -3.09. The summed E-state index contributed by atoms with van der Waals surface area (Å²) in [5, 5.41) is 2.58. The Labute approximate surface area is 212 Å². The Morgan fingerprint density at radius 3 is 2.23 bits per heavy atom. The Kier molecular flexibility index (Phi) is 8.02. The van der Waals surface area contributed by atoms with E-state index in [1.807, 2.05) is 32.9 Å². The number of carbonyl (C=O) groups is 2. The summed E-state index contributed by atoms with van der Waals surface area (Å²) in [5.74, 6) is -0.852. The monoisotopic (exact) mass is 542 g/mol. The molecule has 11 nitrogen and oxygen atoms in total. The average Bonchev–Trinajstić information content (AvgIpc) is 2.71. The third-order valence-corrected chi connectivity index (χ3v) is 7.01. The first-order chi connectivity index (χ1) is 16.2. The molecular weight excluding hydrogens is 516 g/mol. The molecule has 1 aliphatic heterocycles. The molecule has 1 aromatic carbocycles. The fourth-order valence-corrected chi connectivity index (χ4v) is 5.14. The number of carbonyl (C=O) groups excluding carboxylic acids is 2. The summed E-state index contributed by atoms with van der Waals surface area (Å²) in [6, 6.07) is 7.31. The lowest BCUT2D eigenvalue weighted by atomic mass is 10.2. The lowest BCUT2D eigenvalue weighted by Crippen LogP contribution is -2.50. The van der Waals surface area contributed by atoms with Gasteiger partial charge >= 0.3 is 6.09 Å². The van der Waals surface area contributed by atoms with E-state index in [4.69, 9.17) is 22.1 Å². The standard InChI is InChI=1S/C21H27ClN6O5S2/c1-21(2,3)33-20(30)28-11-9-27(10-12-28)14-7-5-13(6-8-14)24-18-15(17(23)29)16(22)25-19(26-18)34-35(4,31)32/h5-8H,9-12H2,1-4H3,(H2,23,29)(H,24,25,26). The van der Waals surface area contributed by atoms with Gasteiger partial charge in [-0.15, -0.1) is 0 Å². The van der Waals surface area contributed by atoms with Gasteiger partial charge in [0.05, 0.1) is 0 Å². The highest BCUT2D eigenvalue weighted by molar-refractivity contribution is 8.71. The van der Waals surface area contributed by atoms with Crippen molar-refractivity contribution < 1.29 is 22.7 Å². The number of aromatic nitrogens is 2. The third kappa shape index (κ3) is 7.61. The van der Waals surface area contributed by atoms with E-state index in [1.165, 1.54) is 0 Å². The number of piperazine rings is 1. The highest BCUT2D eigenvalue weighted by Gasteiger charge is 2.26. The molecule has 2 aromatic rings. The number of rotatable bonds is 6. The van der Waals surface area contributed by atoms with Crippen LogP contribution in [0.4, 0.5) is 22.0 Å². The zero-order valence-electron chi connectivity index (χ0n) is 19.7. The van der Waals surface area contributed by atoms with Crippen LogP contribution in [-0.2, 0) is 13.6 Å². The summed E-state index contributed by atoms with van der Waals surface area (Å²) in [5.41, 5.74) is 6.26. The first kappa shape index (κ1) is 26.8. The van der Waals surface area contributed by atoms with Gasteiger partial charge in [-0.2, -0.15) is 0 Å². The Morgan fingerprint density at radius 2 is 1.71 bits per heavy atom. The second kappa shape index (κ2) is 10.5. The minimum atomic E-state index is -3.50. The topological polar surface area (TPSA) is 148 Å². The Bertz CT molecular complexity index is 1210. The van der Waals surface area contributed by atoms with Crippen LogP contribution in [0.15, 0.2) is 29.4 Å². The van der Waals surface area contributed by atoms with Crippen LogP contribution in [0.3, 0.4) is 0 Å². The largest absolute Gasteiger partial charge is 0.444 e. The second-order valence-electron chi connectivity index (χ2n) is 8.80. The van der Waals surface area contributed by atoms with Gasteiger partial charge in [0.25, 0.3) is 5.91 Å². The minimum Gasteiger partial charge on any atom is -0.444 e. The number of hydrogen-bond acceptors (Lipinski definition) is 10. The molecule has 0 aliphatic carbocycles. The van der Waals surface area contributed by atoms with E-state index in [9.17, 15) is 18.0 Å². The Hall–Kier alpha value is -2.77. The van der Waals surface area contributed by atoms with Crippen molar-refractivity contribution >= 4 is 60.5 Å². The smallest absolute Gasteiger partial charge is 0.410 e. The first-order valence-electron chi connectivity index (χ1n) is 10.6. The molecule has 3 rings (SSSR count). The van der Waals surface area contributed by atoms with Gasteiger partial charge in [0.1, 0.15) is 22.1 Å². The van der Waals surface area contributed by atoms with Crippen molar-refractivity contribution in [2.24, 2.45) is 5.73 Å². The van der Waals surface area contributed by atoms with Crippen LogP contribution in [0.2, 0.25) is 5.15 Å². The molecule has 1 aromatic heterocycles. The van der Waals surface area contributed by atoms with Crippen LogP contribution >= 0.6 is 22.4 Å². The van der Waals surface area contributed by atoms with Gasteiger partial charge in [-0.3, -0.25) is 4.79 Å². The summed E-state index contributed by atoms with van der Waals surface area (Å²) < 4.78 is 28.6. The van der Waals surface area contributed by atoms with Gasteiger partial charge in [-0.1, -0.05) is 11.6 Å². The highest BCUT2D eigenvalue weighted by atomic mass is 35.5. The van der Waals surface area contributed by atoms with Gasteiger partial charge in [0.2, 0.25) is 14.0 Å². The van der Waals surface area contributed by atoms with Crippen molar-refractivity contribution in [3.63, 3.8) is 0 Å². The number of primary amides is 1. The van der Waals surface area contributed by atoms with Gasteiger partial charge in [0, 0.05) is 54.6 Å². The number of nitrogens with zero attached hydrogens (tertiary/aromatic N) is 4. The maximum absolute atomic E-state index is 12.3. The van der Waals surface area contributed by atoms with E-state index < -0.39 is 20.4 Å². The number of nitrogens with two attached hydrogens (primary N) is 1. The maximum Gasteiger partial charge on any atom is 0.410 e. The molecule has 35 heavy (non-hydrogen) atoms. The molecule has 0 unspecified atom stereocenters. The molecule has 1 saturated heterocycles. The molecule has 0 bridgehead atoms. The molecule has 1 fully saturated rings. The molecule has 2 amide bonds. The predicted molar refractivity (Wildman–Crippen MR) is 136 cm³/mol. The number of ether oxygens (including phenoxy) is 1. The molecule has 190 valence electrons. The molecule has 1 aliphatic rings. The Balaban J connectivity index is 1.71. The van der Waals surface area contributed by atoms with Crippen LogP contribution < -0.4 is 16.0 Å². The van der Waals surface area contributed by atoms with Crippen LogP contribution in [0, 0.1) is 0 Å². The van der Waals surface area contributed by atoms with Crippen molar-refractivity contribution in [1.82, 2.24) is 14.9 Å². The van der Waals surface area contributed by atoms with E-state index in [-0.39, 0.29) is 27.8 Å². The highest BCUT2D eigenvalue weighted by Crippen LogP contribution is 2.30. The van der Waals surface area contributed by atoms with E-state index in [0.717, 1.165) is 11.9 Å². The molecule has 3 N–H and O–H groups in total. The lowest BCUT2D eigenvalue weighted by Gasteiger charge is -2.36. The number of amides is 2. The average molecular weight is 543 g/mol. The molecule has 14 heteroatoms. The van der Waals surface area contributed by atoms with Crippen molar-refractivity contribution in [1.29, 1.82) is 0 Å². The quantitative estimate of drug-likeness (QED) is 0.317. The zero-order valence-corrected chi connectivity index (χ0v) is 22.1. The normalized spacial score (nSPS) is 14.5. The summed E-state index contributed by atoms with van der Waals surface area (Å²) in [4.78, 5) is 35.9. The van der Waals surface area contributed by atoms with Crippen LogP contribution in [-0.4, -0.2) is 73.3 Å². The number of nitrogens with one attached hydrogen (secondary N) is 1. The van der Waals surface area contributed by atoms with Crippen molar-refractivity contribution in [3.05, 3.63) is 35.0 Å². The van der Waals surface area contributed by atoms with Crippen molar-refractivity contribution in [2.45, 2.75) is 31.5 Å². The summed E-state index contributed by atoms with van der Waals surface area (Å²) in [6.45, 7) is 7.88.